The first-order valence-corrected chi connectivity index (χ1v) is 44.4. The highest BCUT2D eigenvalue weighted by Crippen LogP contribution is 2.36. The SMILES string of the molecule is COCC1CCN(Cc2cc(Nc3nc(C)cn4c(-c5cnn(Cc6nc7c(F)c(F)ccc7[nH]6)c5)cnc34)sn2)CC1.Cc1cn2c(-c3cnn(Cc4nc5c(F)c(F)ccc5[nH]4)c3)cnc2c(Nc2cc(CN3CCC(CCO)CC3)ns2)n1.Cc1cn2c(-c3cnn(Cc4nc5c(F)c(F)ccc5[nH]4)c3)cnc2c(Nc2cc(CN3CCCC(C)(C)C3)ns2)n1. The number of benzene rings is 3. The lowest BCUT2D eigenvalue weighted by Crippen LogP contribution is -2.39. The van der Waals surface area contributed by atoms with Crippen LogP contribution >= 0.6 is 34.6 Å². The number of hydrogen-bond donors (Lipinski definition) is 7. The third-order valence-electron chi connectivity index (χ3n) is 23.2. The summed E-state index contributed by atoms with van der Waals surface area (Å²) >= 11 is 4.24. The van der Waals surface area contributed by atoms with E-state index in [4.69, 9.17) is 24.1 Å². The number of aryl methyl sites for hydroxylation is 3. The third kappa shape index (κ3) is 18.6. The average molecular weight is 1800 g/mol. The number of aliphatic hydroxyl groups is 1. The molecule has 18 aromatic rings. The number of piperidine rings is 3. The highest BCUT2D eigenvalue weighted by molar-refractivity contribution is 7.10. The first kappa shape index (κ1) is 84.7. The maximum Gasteiger partial charge on any atom is 0.186 e. The Morgan fingerprint density at radius 1 is 0.453 bits per heavy atom. The van der Waals surface area contributed by atoms with Gasteiger partial charge in [0, 0.05) is 100 Å². The fraction of sp³-hybridized carbons (Fsp3) is 0.345. The predicted molar refractivity (Wildman–Crippen MR) is 476 cm³/mol. The van der Waals surface area contributed by atoms with Crippen LogP contribution in [-0.4, -0.2) is 195 Å². The van der Waals surface area contributed by atoms with Crippen molar-refractivity contribution in [2.75, 3.05) is 75.5 Å². The number of nitrogens with zero attached hydrogens (tertiary/aromatic N) is 24. The first-order chi connectivity index (χ1) is 62.1. The van der Waals surface area contributed by atoms with E-state index in [0.29, 0.717) is 85.7 Å². The Morgan fingerprint density at radius 2 is 0.812 bits per heavy atom. The van der Waals surface area contributed by atoms with Crippen LogP contribution in [0.1, 0.15) is 110 Å². The number of hydrogen-bond acceptors (Lipinski definition) is 26. The fourth-order valence-electron chi connectivity index (χ4n) is 17.1. The van der Waals surface area contributed by atoms with Crippen LogP contribution in [0.25, 0.3) is 83.8 Å². The Bertz CT molecular complexity index is 6760. The van der Waals surface area contributed by atoms with Crippen molar-refractivity contribution in [3.05, 3.63) is 215 Å². The molecule has 0 unspecified atom stereocenters. The summed E-state index contributed by atoms with van der Waals surface area (Å²) in [5.41, 5.74) is 14.2. The zero-order chi connectivity index (χ0) is 88.0. The molecule has 21 rings (SSSR count). The monoisotopic (exact) mass is 1800 g/mol. The number of fused-ring (bicyclic) bond motifs is 6. The number of ether oxygens (including phenoxy) is 1. The van der Waals surface area contributed by atoms with Gasteiger partial charge in [0.15, 0.2) is 69.3 Å². The van der Waals surface area contributed by atoms with Crippen molar-refractivity contribution in [3.63, 3.8) is 0 Å². The van der Waals surface area contributed by atoms with E-state index in [1.54, 1.807) is 58.3 Å². The molecular weight excluding hydrogens is 1710 g/mol. The van der Waals surface area contributed by atoms with E-state index >= 15 is 0 Å². The van der Waals surface area contributed by atoms with E-state index in [-0.39, 0.29) is 42.8 Å². The number of halogens is 6. The minimum absolute atomic E-state index is 0.0225. The second-order valence-corrected chi connectivity index (χ2v) is 36.0. The molecule has 41 heteroatoms. The van der Waals surface area contributed by atoms with Gasteiger partial charge in [-0.05, 0) is 205 Å². The van der Waals surface area contributed by atoms with Gasteiger partial charge in [-0.15, -0.1) is 0 Å². The Morgan fingerprint density at radius 3 is 1.16 bits per heavy atom. The molecule has 128 heavy (non-hydrogen) atoms. The fourth-order valence-corrected chi connectivity index (χ4v) is 19.0. The van der Waals surface area contributed by atoms with Crippen LogP contribution in [-0.2, 0) is 44.0 Å². The Kier molecular flexibility index (Phi) is 23.9. The summed E-state index contributed by atoms with van der Waals surface area (Å²) in [4.78, 5) is 57.3. The molecule has 0 atom stereocenters. The normalized spacial score (nSPS) is 15.1. The largest absolute Gasteiger partial charge is 0.396 e. The van der Waals surface area contributed by atoms with Crippen LogP contribution < -0.4 is 16.0 Å². The number of rotatable bonds is 25. The molecule has 3 aromatic carbocycles. The highest BCUT2D eigenvalue weighted by atomic mass is 32.1. The van der Waals surface area contributed by atoms with Gasteiger partial charge >= 0.3 is 0 Å². The van der Waals surface area contributed by atoms with Gasteiger partial charge < -0.3 is 40.7 Å². The molecule has 15 aromatic heterocycles. The summed E-state index contributed by atoms with van der Waals surface area (Å²) < 4.78 is 113. The van der Waals surface area contributed by atoms with Crippen LogP contribution in [0.4, 0.5) is 58.8 Å². The van der Waals surface area contributed by atoms with Crippen molar-refractivity contribution in [2.45, 2.75) is 119 Å². The number of nitrogens with one attached hydrogen (secondary N) is 6. The quantitative estimate of drug-likeness (QED) is 0.0261. The van der Waals surface area contributed by atoms with Crippen LogP contribution in [0.3, 0.4) is 0 Å². The second kappa shape index (κ2) is 36.2. The molecule has 660 valence electrons. The highest BCUT2D eigenvalue weighted by Gasteiger charge is 2.29. The van der Waals surface area contributed by atoms with Crippen molar-refractivity contribution >= 4 is 117 Å². The molecule has 3 fully saturated rings. The lowest BCUT2D eigenvalue weighted by atomic mass is 9.84. The summed E-state index contributed by atoms with van der Waals surface area (Å²) in [6, 6.07) is 13.9. The number of aliphatic hydroxyl groups excluding tert-OH is 1. The number of imidazole rings is 6. The molecule has 3 aliphatic rings. The summed E-state index contributed by atoms with van der Waals surface area (Å²) in [5.74, 6) is -1.07. The lowest BCUT2D eigenvalue weighted by Gasteiger charge is -2.37. The van der Waals surface area contributed by atoms with Crippen LogP contribution in [0.2, 0.25) is 0 Å². The molecule has 7 N–H and O–H groups in total. The van der Waals surface area contributed by atoms with Gasteiger partial charge in [0.25, 0.3) is 0 Å². The van der Waals surface area contributed by atoms with Crippen molar-refractivity contribution in [1.82, 2.24) is 130 Å². The number of aromatic amines is 3. The smallest absolute Gasteiger partial charge is 0.186 e. The molecule has 3 saturated heterocycles. The van der Waals surface area contributed by atoms with Gasteiger partial charge in [-0.1, -0.05) is 13.8 Å². The summed E-state index contributed by atoms with van der Waals surface area (Å²) in [5, 5.41) is 35.6. The number of H-pyrrole nitrogens is 3. The second-order valence-electron chi connectivity index (χ2n) is 33.6. The predicted octanol–water partition coefficient (Wildman–Crippen LogP) is 16.0. The van der Waals surface area contributed by atoms with E-state index in [2.05, 4.69) is 132 Å². The van der Waals surface area contributed by atoms with Crippen LogP contribution in [0.15, 0.2) is 129 Å². The minimum atomic E-state index is -0.968. The number of likely N-dealkylation sites (tertiary alicyclic amines) is 3. The summed E-state index contributed by atoms with van der Waals surface area (Å²) in [6.07, 6.45) is 29.9. The molecule has 32 nitrogen and oxygen atoms in total. The summed E-state index contributed by atoms with van der Waals surface area (Å²) in [7, 11) is 1.77. The van der Waals surface area contributed by atoms with Gasteiger partial charge in [-0.25, -0.2) is 71.2 Å². The maximum atomic E-state index is 14.1. The van der Waals surface area contributed by atoms with Crippen LogP contribution in [0.5, 0.6) is 0 Å². The van der Waals surface area contributed by atoms with Gasteiger partial charge in [-0.2, -0.15) is 28.4 Å². The van der Waals surface area contributed by atoms with E-state index < -0.39 is 34.9 Å². The molecule has 3 aliphatic heterocycles. The van der Waals surface area contributed by atoms with Crippen molar-refractivity contribution in [3.8, 4) is 33.8 Å². The van der Waals surface area contributed by atoms with E-state index in [1.807, 2.05) is 71.2 Å². The minimum Gasteiger partial charge on any atom is -0.396 e. The zero-order valence-electron chi connectivity index (χ0n) is 70.7. The lowest BCUT2D eigenvalue weighted by molar-refractivity contribution is 0.0964. The standard InChI is InChI=1S/2C29H30F2N10OS.C29H30F2N10S/c1-17-12-41-23(19-10-33-40(13-19)15-24-35-22-4-3-21(30)26(31)27(22)36-24)11-32-29(41)28(34-17)37-25-9-20(38-43-25)14-39-7-5-18(6-8-39)16-42-2;1-17-13-41-23(19-11-33-40(14-19)16-24-35-22-3-2-21(30)26(31)27(22)36-24)12-32-29(41)28(34-17)37-25-10-20(38-43-25)15-39-7-4-18(5-8-39)6-9-42;1-17-12-41-22(18-10-33-40(13-18)15-23-35-21-6-5-20(30)25(31)26(21)36-23)11-32-28(41)27(34-17)37-24-9-19(38-42-24)14-39-8-4-7-29(2,3)16-39/h3-4,9-13,18H,5-8,14-16H2,1-2H3,(H,34,37)(H,35,36);2-3,10-14,18,42H,4-9,15-16H2,1H3,(H,34,37)(H,35,36);5-6,9-13H,4,7-8,14-16H2,1-3H3,(H,34,37)(H,35,36). The van der Waals surface area contributed by atoms with E-state index in [1.165, 1.54) is 65.6 Å². The molecule has 0 aliphatic carbocycles. The topological polar surface area (TPSA) is 344 Å². The van der Waals surface area contributed by atoms with E-state index in [9.17, 15) is 31.4 Å². The van der Waals surface area contributed by atoms with Crippen molar-refractivity contribution in [2.24, 2.45) is 17.3 Å². The third-order valence-corrected chi connectivity index (χ3v) is 25.5. The Hall–Kier alpha value is -12.8. The molecule has 0 radical (unpaired) electrons. The average Bonchev–Trinajstić information content (AvgIpc) is 1.68. The molecule has 0 amide bonds. The van der Waals surface area contributed by atoms with Gasteiger partial charge in [-0.3, -0.25) is 41.9 Å². The maximum absolute atomic E-state index is 14.1. The Balaban J connectivity index is 0.000000125. The Labute approximate surface area is 740 Å². The molecular formula is C87H90F6N30O2S3. The molecule has 18 heterocycles. The number of methoxy groups -OCH3 is 1. The molecule has 0 saturated carbocycles. The van der Waals surface area contributed by atoms with Crippen molar-refractivity contribution < 1.29 is 36.2 Å². The van der Waals surface area contributed by atoms with Gasteiger partial charge in [0.05, 0.1) is 125 Å². The molecule has 0 bridgehead atoms. The summed E-state index contributed by atoms with van der Waals surface area (Å²) in [6.45, 7) is 21.2. The first-order valence-electron chi connectivity index (χ1n) is 42.1. The number of anilines is 6. The number of aromatic nitrogens is 24. The van der Waals surface area contributed by atoms with Gasteiger partial charge in [0.2, 0.25) is 0 Å². The molecule has 0 spiro atoms. The van der Waals surface area contributed by atoms with Crippen molar-refractivity contribution in [1.29, 1.82) is 0 Å². The van der Waals surface area contributed by atoms with Gasteiger partial charge in [0.1, 0.15) is 49.0 Å². The zero-order valence-corrected chi connectivity index (χ0v) is 73.2. The van der Waals surface area contributed by atoms with Crippen LogP contribution in [0, 0.1) is 72.9 Å². The van der Waals surface area contributed by atoms with E-state index in [0.717, 1.165) is 199 Å².